The molecular formula is C25H26N2O4. The van der Waals surface area contributed by atoms with Crippen LogP contribution in [-0.2, 0) is 12.8 Å². The van der Waals surface area contributed by atoms with Crippen LogP contribution in [0.15, 0.2) is 30.3 Å². The molecule has 160 valence electrons. The largest absolute Gasteiger partial charge is 0.493 e. The molecule has 1 aromatic heterocycles. The van der Waals surface area contributed by atoms with Gasteiger partial charge in [-0.15, -0.1) is 0 Å². The molecule has 0 amide bonds. The third kappa shape index (κ3) is 3.26. The zero-order valence-electron chi connectivity index (χ0n) is 17.8. The number of pyridine rings is 1. The summed E-state index contributed by atoms with van der Waals surface area (Å²) >= 11 is 0. The highest BCUT2D eigenvalue weighted by atomic mass is 16.7. The molecule has 0 spiro atoms. The summed E-state index contributed by atoms with van der Waals surface area (Å²) in [5.41, 5.74) is 5.58. The standard InChI is InChI=1S/C25H26N2O4/c1-28-21-7-6-20-19(25(21)29-11-10-27-8-2-3-9-27)12-17-5-4-16-13-22-23(31-15-30-22)14-18(16)24(17)26-20/h6-7,12-14H,2-5,8-11,15H2,1H3. The highest BCUT2D eigenvalue weighted by molar-refractivity contribution is 5.91. The van der Waals surface area contributed by atoms with E-state index in [9.17, 15) is 0 Å². The van der Waals surface area contributed by atoms with Crippen molar-refractivity contribution in [2.45, 2.75) is 25.7 Å². The summed E-state index contributed by atoms with van der Waals surface area (Å²) in [6.07, 6.45) is 4.47. The lowest BCUT2D eigenvalue weighted by molar-refractivity contribution is 0.174. The van der Waals surface area contributed by atoms with Gasteiger partial charge in [-0.1, -0.05) is 0 Å². The Labute approximate surface area is 181 Å². The average molecular weight is 418 g/mol. The number of aromatic nitrogens is 1. The fourth-order valence-corrected chi connectivity index (χ4v) is 4.94. The number of aryl methyl sites for hydroxylation is 2. The van der Waals surface area contributed by atoms with E-state index in [2.05, 4.69) is 23.1 Å². The minimum absolute atomic E-state index is 0.286. The number of likely N-dealkylation sites (tertiary alicyclic amines) is 1. The fraction of sp³-hybridized carbons (Fsp3) is 0.400. The molecule has 6 rings (SSSR count). The van der Waals surface area contributed by atoms with Crippen LogP contribution in [-0.4, -0.2) is 50.0 Å². The maximum atomic E-state index is 6.28. The Hall–Kier alpha value is -2.99. The fourth-order valence-electron chi connectivity index (χ4n) is 4.94. The van der Waals surface area contributed by atoms with Crippen LogP contribution in [0.1, 0.15) is 24.0 Å². The first-order valence-electron chi connectivity index (χ1n) is 11.1. The van der Waals surface area contributed by atoms with Gasteiger partial charge in [-0.05, 0) is 80.2 Å². The first-order valence-corrected chi connectivity index (χ1v) is 11.1. The lowest BCUT2D eigenvalue weighted by Gasteiger charge is -2.22. The Balaban J connectivity index is 1.38. The van der Waals surface area contributed by atoms with Gasteiger partial charge in [0.2, 0.25) is 6.79 Å². The Bertz CT molecular complexity index is 1150. The maximum absolute atomic E-state index is 6.28. The quantitative estimate of drug-likeness (QED) is 0.619. The van der Waals surface area contributed by atoms with Gasteiger partial charge in [0.05, 0.1) is 18.3 Å². The van der Waals surface area contributed by atoms with Crippen LogP contribution in [0.25, 0.3) is 22.2 Å². The van der Waals surface area contributed by atoms with Gasteiger partial charge < -0.3 is 18.9 Å². The van der Waals surface area contributed by atoms with E-state index in [1.54, 1.807) is 7.11 Å². The SMILES string of the molecule is COc1ccc2nc3c(cc2c1OCCN1CCCC1)CCc1cc2c(cc1-3)OCO2. The molecule has 0 unspecified atom stereocenters. The third-order valence-corrected chi connectivity index (χ3v) is 6.58. The van der Waals surface area contributed by atoms with Gasteiger partial charge in [0.15, 0.2) is 23.0 Å². The van der Waals surface area contributed by atoms with Gasteiger partial charge in [-0.25, -0.2) is 4.98 Å². The summed E-state index contributed by atoms with van der Waals surface area (Å²) in [7, 11) is 1.69. The Morgan fingerprint density at radius 3 is 2.65 bits per heavy atom. The van der Waals surface area contributed by atoms with E-state index < -0.39 is 0 Å². The lowest BCUT2D eigenvalue weighted by Crippen LogP contribution is -2.25. The van der Waals surface area contributed by atoms with Crippen molar-refractivity contribution in [1.29, 1.82) is 0 Å². The smallest absolute Gasteiger partial charge is 0.231 e. The molecule has 0 N–H and O–H groups in total. The first kappa shape index (κ1) is 18.8. The number of hydrogen-bond donors (Lipinski definition) is 0. The molecule has 0 atom stereocenters. The van der Waals surface area contributed by atoms with Gasteiger partial charge in [0, 0.05) is 17.5 Å². The van der Waals surface area contributed by atoms with E-state index in [1.165, 1.54) is 37.1 Å². The molecule has 0 radical (unpaired) electrons. The highest BCUT2D eigenvalue weighted by Gasteiger charge is 2.25. The van der Waals surface area contributed by atoms with Crippen molar-refractivity contribution in [3.8, 4) is 34.3 Å². The van der Waals surface area contributed by atoms with Crippen LogP contribution in [0.3, 0.4) is 0 Å². The van der Waals surface area contributed by atoms with Gasteiger partial charge in [0.25, 0.3) is 0 Å². The molecule has 6 heteroatoms. The topological polar surface area (TPSA) is 53.1 Å². The number of fused-ring (bicyclic) bond motifs is 5. The van der Waals surface area contributed by atoms with Crippen molar-refractivity contribution in [3.63, 3.8) is 0 Å². The van der Waals surface area contributed by atoms with Crippen molar-refractivity contribution >= 4 is 10.9 Å². The number of benzene rings is 2. The second-order valence-electron chi connectivity index (χ2n) is 8.42. The van der Waals surface area contributed by atoms with Crippen LogP contribution in [0.2, 0.25) is 0 Å². The normalized spacial score (nSPS) is 16.9. The monoisotopic (exact) mass is 418 g/mol. The van der Waals surface area contributed by atoms with Crippen molar-refractivity contribution in [2.24, 2.45) is 0 Å². The van der Waals surface area contributed by atoms with Crippen molar-refractivity contribution in [3.05, 3.63) is 41.5 Å². The molecule has 0 bridgehead atoms. The van der Waals surface area contributed by atoms with E-state index in [-0.39, 0.29) is 6.79 Å². The van der Waals surface area contributed by atoms with Crippen LogP contribution in [0.5, 0.6) is 23.0 Å². The molecule has 2 aromatic carbocycles. The molecule has 6 nitrogen and oxygen atoms in total. The molecule has 31 heavy (non-hydrogen) atoms. The zero-order valence-corrected chi connectivity index (χ0v) is 17.8. The number of nitrogens with zero attached hydrogens (tertiary/aromatic N) is 2. The van der Waals surface area contributed by atoms with Gasteiger partial charge in [-0.3, -0.25) is 4.90 Å². The Kier molecular flexibility index (Phi) is 4.60. The highest BCUT2D eigenvalue weighted by Crippen LogP contribution is 2.44. The van der Waals surface area contributed by atoms with Gasteiger partial charge >= 0.3 is 0 Å². The molecule has 3 aliphatic rings. The summed E-state index contributed by atoms with van der Waals surface area (Å²) in [6.45, 7) is 4.22. The summed E-state index contributed by atoms with van der Waals surface area (Å²) in [6, 6.07) is 10.4. The molecule has 1 saturated heterocycles. The second kappa shape index (κ2) is 7.61. The predicted octanol–water partition coefficient (Wildman–Crippen LogP) is 4.21. The number of hydrogen-bond acceptors (Lipinski definition) is 6. The van der Waals surface area contributed by atoms with E-state index >= 15 is 0 Å². The van der Waals surface area contributed by atoms with Crippen molar-refractivity contribution in [1.82, 2.24) is 9.88 Å². The van der Waals surface area contributed by atoms with Crippen LogP contribution in [0, 0.1) is 0 Å². The van der Waals surface area contributed by atoms with E-state index in [1.807, 2.05) is 12.1 Å². The predicted molar refractivity (Wildman–Crippen MR) is 118 cm³/mol. The van der Waals surface area contributed by atoms with Crippen molar-refractivity contribution < 1.29 is 18.9 Å². The van der Waals surface area contributed by atoms with E-state index in [0.29, 0.717) is 6.61 Å². The molecule has 0 saturated carbocycles. The third-order valence-electron chi connectivity index (χ3n) is 6.58. The van der Waals surface area contributed by atoms with E-state index in [0.717, 1.165) is 64.5 Å². The first-order chi connectivity index (χ1) is 15.3. The minimum Gasteiger partial charge on any atom is -0.493 e. The number of rotatable bonds is 5. The summed E-state index contributed by atoms with van der Waals surface area (Å²) in [5.74, 6) is 3.19. The molecule has 3 aromatic rings. The zero-order chi connectivity index (χ0) is 20.8. The second-order valence-corrected chi connectivity index (χ2v) is 8.42. The summed E-state index contributed by atoms with van der Waals surface area (Å²) in [5, 5.41) is 1.02. The van der Waals surface area contributed by atoms with Crippen molar-refractivity contribution in [2.75, 3.05) is 40.1 Å². The van der Waals surface area contributed by atoms with Crippen LogP contribution in [0.4, 0.5) is 0 Å². The molecule has 2 aliphatic heterocycles. The van der Waals surface area contributed by atoms with E-state index in [4.69, 9.17) is 23.9 Å². The molecule has 1 fully saturated rings. The maximum Gasteiger partial charge on any atom is 0.231 e. The average Bonchev–Trinajstić information content (AvgIpc) is 3.48. The van der Waals surface area contributed by atoms with Gasteiger partial charge in [-0.2, -0.15) is 0 Å². The number of ether oxygens (including phenoxy) is 4. The van der Waals surface area contributed by atoms with Gasteiger partial charge in [0.1, 0.15) is 6.61 Å². The Morgan fingerprint density at radius 2 is 1.81 bits per heavy atom. The number of methoxy groups -OCH3 is 1. The molecule has 1 aliphatic carbocycles. The van der Waals surface area contributed by atoms with Crippen LogP contribution >= 0.6 is 0 Å². The Morgan fingerprint density at radius 1 is 1.00 bits per heavy atom. The lowest BCUT2D eigenvalue weighted by atomic mass is 9.88. The van der Waals surface area contributed by atoms with Crippen LogP contribution < -0.4 is 18.9 Å². The summed E-state index contributed by atoms with van der Waals surface area (Å²) < 4.78 is 23.1. The molecule has 3 heterocycles. The minimum atomic E-state index is 0.286. The summed E-state index contributed by atoms with van der Waals surface area (Å²) in [4.78, 5) is 7.52. The molecular weight excluding hydrogens is 392 g/mol.